The first-order chi connectivity index (χ1) is 9.01. The van der Waals surface area contributed by atoms with Gasteiger partial charge < -0.3 is 5.32 Å². The number of nitrogens with one attached hydrogen (secondary N) is 1. The number of rotatable bonds is 3. The van der Waals surface area contributed by atoms with E-state index < -0.39 is 0 Å². The minimum Gasteiger partial charge on any atom is -0.369 e. The molecule has 3 nitrogen and oxygen atoms in total. The van der Waals surface area contributed by atoms with Crippen LogP contribution in [0.4, 0.5) is 5.82 Å². The molecule has 2 rings (SSSR count). The van der Waals surface area contributed by atoms with Crippen molar-refractivity contribution >= 4 is 28.4 Å². The van der Waals surface area contributed by atoms with E-state index in [9.17, 15) is 0 Å². The van der Waals surface area contributed by atoms with Gasteiger partial charge in [-0.25, -0.2) is 9.97 Å². The SMILES string of the molecule is CCNc1nc(-c2cc(C)cc(C)c2)nc(C)c1I. The van der Waals surface area contributed by atoms with E-state index >= 15 is 0 Å². The number of halogens is 1. The molecule has 1 heterocycles. The molecule has 0 radical (unpaired) electrons. The second-order valence-electron chi connectivity index (χ2n) is 4.70. The van der Waals surface area contributed by atoms with Gasteiger partial charge in [-0.3, -0.25) is 0 Å². The lowest BCUT2D eigenvalue weighted by molar-refractivity contribution is 1.06. The van der Waals surface area contributed by atoms with Crippen LogP contribution in [0.25, 0.3) is 11.4 Å². The van der Waals surface area contributed by atoms with Crippen molar-refractivity contribution in [2.24, 2.45) is 0 Å². The Morgan fingerprint density at radius 3 is 2.26 bits per heavy atom. The highest BCUT2D eigenvalue weighted by atomic mass is 127. The molecule has 0 saturated carbocycles. The van der Waals surface area contributed by atoms with E-state index in [1.54, 1.807) is 0 Å². The maximum Gasteiger partial charge on any atom is 0.161 e. The van der Waals surface area contributed by atoms with E-state index in [4.69, 9.17) is 0 Å². The zero-order valence-corrected chi connectivity index (χ0v) is 13.9. The van der Waals surface area contributed by atoms with Gasteiger partial charge in [0.25, 0.3) is 0 Å². The zero-order valence-electron chi connectivity index (χ0n) is 11.7. The molecule has 0 bridgehead atoms. The van der Waals surface area contributed by atoms with Crippen molar-refractivity contribution in [1.82, 2.24) is 9.97 Å². The Hall–Kier alpha value is -1.17. The summed E-state index contributed by atoms with van der Waals surface area (Å²) in [7, 11) is 0. The Bertz CT molecular complexity index is 588. The molecule has 0 unspecified atom stereocenters. The lowest BCUT2D eigenvalue weighted by Crippen LogP contribution is -2.06. The van der Waals surface area contributed by atoms with Crippen LogP contribution in [0.15, 0.2) is 18.2 Å². The Morgan fingerprint density at radius 2 is 1.68 bits per heavy atom. The summed E-state index contributed by atoms with van der Waals surface area (Å²) < 4.78 is 1.09. The fraction of sp³-hybridized carbons (Fsp3) is 0.333. The molecule has 4 heteroatoms. The molecular formula is C15H18IN3. The predicted octanol–water partition coefficient (Wildman–Crippen LogP) is 4.11. The highest BCUT2D eigenvalue weighted by molar-refractivity contribution is 14.1. The van der Waals surface area contributed by atoms with Gasteiger partial charge in [0.05, 0.1) is 9.26 Å². The monoisotopic (exact) mass is 367 g/mol. The molecular weight excluding hydrogens is 349 g/mol. The third-order valence-electron chi connectivity index (χ3n) is 2.84. The Labute approximate surface area is 128 Å². The molecule has 2 aromatic rings. The van der Waals surface area contributed by atoms with Crippen molar-refractivity contribution in [2.75, 3.05) is 11.9 Å². The summed E-state index contributed by atoms with van der Waals surface area (Å²) >= 11 is 2.29. The summed E-state index contributed by atoms with van der Waals surface area (Å²) in [6.07, 6.45) is 0. The summed E-state index contributed by atoms with van der Waals surface area (Å²) in [6.45, 7) is 9.15. The highest BCUT2D eigenvalue weighted by Crippen LogP contribution is 2.24. The van der Waals surface area contributed by atoms with Crippen molar-refractivity contribution in [3.05, 3.63) is 38.6 Å². The Kier molecular flexibility index (Phi) is 4.39. The van der Waals surface area contributed by atoms with Gasteiger partial charge >= 0.3 is 0 Å². The number of hydrogen-bond donors (Lipinski definition) is 1. The molecule has 0 saturated heterocycles. The Morgan fingerprint density at radius 1 is 1.05 bits per heavy atom. The standard InChI is InChI=1S/C15H18IN3/c1-5-17-15-13(16)11(4)18-14(19-15)12-7-9(2)6-10(3)8-12/h6-8H,5H2,1-4H3,(H,17,18,19). The van der Waals surface area contributed by atoms with Crippen LogP contribution in [0.2, 0.25) is 0 Å². The predicted molar refractivity (Wildman–Crippen MR) is 88.6 cm³/mol. The summed E-state index contributed by atoms with van der Waals surface area (Å²) in [6, 6.07) is 6.42. The minimum absolute atomic E-state index is 0.792. The first-order valence-electron chi connectivity index (χ1n) is 6.38. The van der Waals surface area contributed by atoms with Crippen molar-refractivity contribution in [2.45, 2.75) is 27.7 Å². The highest BCUT2D eigenvalue weighted by Gasteiger charge is 2.10. The van der Waals surface area contributed by atoms with Gasteiger partial charge in [0.15, 0.2) is 5.82 Å². The van der Waals surface area contributed by atoms with Crippen LogP contribution in [0.3, 0.4) is 0 Å². The minimum atomic E-state index is 0.792. The first-order valence-corrected chi connectivity index (χ1v) is 7.45. The average molecular weight is 367 g/mol. The topological polar surface area (TPSA) is 37.8 Å². The number of aryl methyl sites for hydroxylation is 3. The molecule has 0 aliphatic heterocycles. The fourth-order valence-corrected chi connectivity index (χ4v) is 2.51. The van der Waals surface area contributed by atoms with Gasteiger partial charge in [-0.15, -0.1) is 0 Å². The van der Waals surface area contributed by atoms with Crippen molar-refractivity contribution in [1.29, 1.82) is 0 Å². The van der Waals surface area contributed by atoms with Crippen LogP contribution in [-0.4, -0.2) is 16.5 Å². The largest absolute Gasteiger partial charge is 0.369 e. The average Bonchev–Trinajstić information content (AvgIpc) is 2.33. The van der Waals surface area contributed by atoms with E-state index in [0.29, 0.717) is 0 Å². The van der Waals surface area contributed by atoms with E-state index in [1.165, 1.54) is 11.1 Å². The quantitative estimate of drug-likeness (QED) is 0.830. The summed E-state index contributed by atoms with van der Waals surface area (Å²) in [4.78, 5) is 9.26. The van der Waals surface area contributed by atoms with Gasteiger partial charge in [-0.2, -0.15) is 0 Å². The second-order valence-corrected chi connectivity index (χ2v) is 5.78. The van der Waals surface area contributed by atoms with Crippen molar-refractivity contribution < 1.29 is 0 Å². The van der Waals surface area contributed by atoms with Crippen LogP contribution < -0.4 is 5.32 Å². The molecule has 100 valence electrons. The second kappa shape index (κ2) is 5.86. The normalized spacial score (nSPS) is 10.6. The lowest BCUT2D eigenvalue weighted by Gasteiger charge is -2.11. The third-order valence-corrected chi connectivity index (χ3v) is 4.13. The van der Waals surface area contributed by atoms with Gasteiger partial charge in [-0.05, 0) is 62.4 Å². The molecule has 0 spiro atoms. The van der Waals surface area contributed by atoms with Gasteiger partial charge in [0, 0.05) is 12.1 Å². The molecule has 0 atom stereocenters. The molecule has 19 heavy (non-hydrogen) atoms. The molecule has 1 aromatic heterocycles. The maximum atomic E-state index is 4.65. The van der Waals surface area contributed by atoms with Crippen LogP contribution in [0.5, 0.6) is 0 Å². The first kappa shape index (κ1) is 14.2. The molecule has 1 aromatic carbocycles. The fourth-order valence-electron chi connectivity index (χ4n) is 2.08. The smallest absolute Gasteiger partial charge is 0.161 e. The number of hydrogen-bond acceptors (Lipinski definition) is 3. The van der Waals surface area contributed by atoms with E-state index in [1.807, 2.05) is 6.92 Å². The molecule has 0 aliphatic rings. The molecule has 0 aliphatic carbocycles. The van der Waals surface area contributed by atoms with Gasteiger partial charge in [0.1, 0.15) is 5.82 Å². The van der Waals surface area contributed by atoms with E-state index in [2.05, 4.69) is 76.8 Å². The zero-order chi connectivity index (χ0) is 14.0. The summed E-state index contributed by atoms with van der Waals surface area (Å²) in [5, 5.41) is 3.30. The molecule has 0 fully saturated rings. The van der Waals surface area contributed by atoms with E-state index in [0.717, 1.165) is 33.0 Å². The van der Waals surface area contributed by atoms with Gasteiger partial charge in [-0.1, -0.05) is 17.2 Å². The number of nitrogens with zero attached hydrogens (tertiary/aromatic N) is 2. The third kappa shape index (κ3) is 3.23. The number of aromatic nitrogens is 2. The van der Waals surface area contributed by atoms with Crippen LogP contribution >= 0.6 is 22.6 Å². The van der Waals surface area contributed by atoms with Crippen LogP contribution in [0, 0.1) is 24.3 Å². The van der Waals surface area contributed by atoms with Crippen molar-refractivity contribution in [3.8, 4) is 11.4 Å². The number of benzene rings is 1. The van der Waals surface area contributed by atoms with Crippen LogP contribution in [0.1, 0.15) is 23.7 Å². The summed E-state index contributed by atoms with van der Waals surface area (Å²) in [5.74, 6) is 1.71. The van der Waals surface area contributed by atoms with Crippen LogP contribution in [-0.2, 0) is 0 Å². The maximum absolute atomic E-state index is 4.65. The van der Waals surface area contributed by atoms with E-state index in [-0.39, 0.29) is 0 Å². The van der Waals surface area contributed by atoms with Crippen molar-refractivity contribution in [3.63, 3.8) is 0 Å². The lowest BCUT2D eigenvalue weighted by atomic mass is 10.1. The molecule has 1 N–H and O–H groups in total. The van der Waals surface area contributed by atoms with Gasteiger partial charge in [0.2, 0.25) is 0 Å². The number of anilines is 1. The summed E-state index contributed by atoms with van der Waals surface area (Å²) in [5.41, 5.74) is 4.57. The molecule has 0 amide bonds. The Balaban J connectivity index is 2.55.